The van der Waals surface area contributed by atoms with Crippen LogP contribution in [-0.2, 0) is 9.53 Å². The molecule has 0 aliphatic heterocycles. The van der Waals surface area contributed by atoms with Gasteiger partial charge in [-0.15, -0.1) is 0 Å². The summed E-state index contributed by atoms with van der Waals surface area (Å²) < 4.78 is 4.57. The van der Waals surface area contributed by atoms with Crippen LogP contribution in [-0.4, -0.2) is 30.8 Å². The molecule has 0 aliphatic carbocycles. The van der Waals surface area contributed by atoms with Crippen LogP contribution in [0, 0.1) is 10.1 Å². The minimum atomic E-state index is -0.425. The number of non-ortho nitro benzene ring substituents is 1. The average Bonchev–Trinajstić information content (AvgIpc) is 2.63. The highest BCUT2D eigenvalue weighted by molar-refractivity contribution is 7.99. The first-order chi connectivity index (χ1) is 12.1. The smallest absolute Gasteiger partial charge is 0.305 e. The van der Waals surface area contributed by atoms with Gasteiger partial charge in [-0.05, 0) is 24.6 Å². The summed E-state index contributed by atoms with van der Waals surface area (Å²) in [5.74, 6) is -0.272. The van der Waals surface area contributed by atoms with E-state index in [4.69, 9.17) is 0 Å². The van der Waals surface area contributed by atoms with Crippen molar-refractivity contribution in [2.24, 2.45) is 4.99 Å². The van der Waals surface area contributed by atoms with Gasteiger partial charge in [-0.25, -0.2) is 0 Å². The highest BCUT2D eigenvalue weighted by Crippen LogP contribution is 2.31. The molecule has 0 saturated carbocycles. The Bertz CT molecular complexity index is 763. The van der Waals surface area contributed by atoms with Crippen LogP contribution in [0.25, 0.3) is 0 Å². The Morgan fingerprint density at radius 3 is 2.72 bits per heavy atom. The lowest BCUT2D eigenvalue weighted by molar-refractivity contribution is -0.384. The van der Waals surface area contributed by atoms with E-state index in [0.29, 0.717) is 24.9 Å². The van der Waals surface area contributed by atoms with E-state index >= 15 is 0 Å². The molecule has 130 valence electrons. The van der Waals surface area contributed by atoms with E-state index in [1.807, 2.05) is 30.3 Å². The molecular formula is C18H18N2O4S. The molecule has 0 aromatic heterocycles. The maximum absolute atomic E-state index is 11.1. The lowest BCUT2D eigenvalue weighted by atomic mass is 10.2. The summed E-state index contributed by atoms with van der Waals surface area (Å²) in [5, 5.41) is 11.0. The molecule has 6 nitrogen and oxygen atoms in total. The quantitative estimate of drug-likeness (QED) is 0.233. The molecule has 25 heavy (non-hydrogen) atoms. The van der Waals surface area contributed by atoms with Crippen LogP contribution >= 0.6 is 11.8 Å². The minimum Gasteiger partial charge on any atom is -0.469 e. The molecule has 0 saturated heterocycles. The maximum Gasteiger partial charge on any atom is 0.305 e. The van der Waals surface area contributed by atoms with Crippen LogP contribution in [0.2, 0.25) is 0 Å². The van der Waals surface area contributed by atoms with E-state index in [1.54, 1.807) is 12.3 Å². The molecule has 0 amide bonds. The van der Waals surface area contributed by atoms with E-state index in [-0.39, 0.29) is 11.7 Å². The molecular weight excluding hydrogens is 340 g/mol. The van der Waals surface area contributed by atoms with Gasteiger partial charge < -0.3 is 4.74 Å². The standard InChI is InChI=1S/C18H18N2O4S/c1-24-18(21)8-5-11-19-13-14-12-15(20(22)23)9-10-17(14)25-16-6-3-2-4-7-16/h2-4,6-7,9-10,12-13H,5,8,11H2,1H3. The zero-order valence-electron chi connectivity index (χ0n) is 13.8. The second-order valence-electron chi connectivity index (χ2n) is 5.11. The van der Waals surface area contributed by atoms with Crippen molar-refractivity contribution in [2.45, 2.75) is 22.6 Å². The van der Waals surface area contributed by atoms with Gasteiger partial charge in [0.15, 0.2) is 0 Å². The van der Waals surface area contributed by atoms with Crippen molar-refractivity contribution in [2.75, 3.05) is 13.7 Å². The van der Waals surface area contributed by atoms with Gasteiger partial charge >= 0.3 is 5.97 Å². The minimum absolute atomic E-state index is 0.0217. The molecule has 2 aromatic carbocycles. The van der Waals surface area contributed by atoms with E-state index in [2.05, 4.69) is 9.73 Å². The van der Waals surface area contributed by atoms with Gasteiger partial charge in [0.2, 0.25) is 0 Å². The molecule has 0 radical (unpaired) electrons. The number of nitrogens with zero attached hydrogens (tertiary/aromatic N) is 2. The lowest BCUT2D eigenvalue weighted by Gasteiger charge is -2.06. The van der Waals surface area contributed by atoms with E-state index in [0.717, 1.165) is 9.79 Å². The van der Waals surface area contributed by atoms with Crippen LogP contribution in [0.4, 0.5) is 5.69 Å². The average molecular weight is 358 g/mol. The normalized spacial score (nSPS) is 10.8. The molecule has 0 unspecified atom stereocenters. The zero-order valence-corrected chi connectivity index (χ0v) is 14.6. The fraction of sp³-hybridized carbons (Fsp3) is 0.222. The summed E-state index contributed by atoms with van der Waals surface area (Å²) >= 11 is 1.52. The number of benzene rings is 2. The summed E-state index contributed by atoms with van der Waals surface area (Å²) in [5.41, 5.74) is 0.703. The number of nitro groups is 1. The fourth-order valence-electron chi connectivity index (χ4n) is 2.04. The molecule has 0 bridgehead atoms. The molecule has 7 heteroatoms. The molecule has 2 rings (SSSR count). The van der Waals surface area contributed by atoms with Gasteiger partial charge in [0.05, 0.1) is 12.0 Å². The number of esters is 1. The SMILES string of the molecule is COC(=O)CCCN=Cc1cc([N+](=O)[O-])ccc1Sc1ccccc1. The van der Waals surface area contributed by atoms with E-state index < -0.39 is 4.92 Å². The summed E-state index contributed by atoms with van der Waals surface area (Å²) in [7, 11) is 1.35. The van der Waals surface area contributed by atoms with Crippen molar-refractivity contribution in [3.8, 4) is 0 Å². The Labute approximate surface area is 150 Å². The first kappa shape index (κ1) is 18.7. The van der Waals surface area contributed by atoms with Gasteiger partial charge in [0, 0.05) is 46.7 Å². The number of aliphatic imine (C=N–C) groups is 1. The van der Waals surface area contributed by atoms with Crippen LogP contribution in [0.15, 0.2) is 63.3 Å². The Morgan fingerprint density at radius 1 is 1.28 bits per heavy atom. The lowest BCUT2D eigenvalue weighted by Crippen LogP contribution is -2.00. The van der Waals surface area contributed by atoms with Crippen LogP contribution < -0.4 is 0 Å². The van der Waals surface area contributed by atoms with Gasteiger partial charge in [0.25, 0.3) is 5.69 Å². The first-order valence-electron chi connectivity index (χ1n) is 7.68. The Morgan fingerprint density at radius 2 is 2.04 bits per heavy atom. The Hall–Kier alpha value is -2.67. The van der Waals surface area contributed by atoms with Gasteiger partial charge in [-0.1, -0.05) is 30.0 Å². The Kier molecular flexibility index (Phi) is 7.16. The van der Waals surface area contributed by atoms with Crippen LogP contribution in [0.5, 0.6) is 0 Å². The van der Waals surface area contributed by atoms with Crippen LogP contribution in [0.1, 0.15) is 18.4 Å². The predicted molar refractivity (Wildman–Crippen MR) is 97.4 cm³/mol. The number of carbonyl (C=O) groups excluding carboxylic acids is 1. The van der Waals surface area contributed by atoms with Crippen molar-refractivity contribution in [1.29, 1.82) is 0 Å². The topological polar surface area (TPSA) is 81.8 Å². The molecule has 0 aliphatic rings. The van der Waals surface area contributed by atoms with E-state index in [9.17, 15) is 14.9 Å². The molecule has 0 spiro atoms. The van der Waals surface area contributed by atoms with Gasteiger partial charge in [-0.2, -0.15) is 0 Å². The number of nitro benzene ring substituents is 1. The maximum atomic E-state index is 11.1. The highest BCUT2D eigenvalue weighted by atomic mass is 32.2. The predicted octanol–water partition coefficient (Wildman–Crippen LogP) is 4.12. The van der Waals surface area contributed by atoms with Crippen molar-refractivity contribution < 1.29 is 14.5 Å². The second kappa shape index (κ2) is 9.58. The number of ether oxygens (including phenoxy) is 1. The summed E-state index contributed by atoms with van der Waals surface area (Å²) in [6.07, 6.45) is 2.49. The largest absolute Gasteiger partial charge is 0.469 e. The fourth-order valence-corrected chi connectivity index (χ4v) is 2.95. The number of methoxy groups -OCH3 is 1. The van der Waals surface area contributed by atoms with Crippen molar-refractivity contribution in [1.82, 2.24) is 0 Å². The summed E-state index contributed by atoms with van der Waals surface area (Å²) in [6.45, 7) is 0.452. The summed E-state index contributed by atoms with van der Waals surface area (Å²) in [6, 6.07) is 14.5. The number of hydrogen-bond donors (Lipinski definition) is 0. The molecule has 0 atom stereocenters. The van der Waals surface area contributed by atoms with Crippen molar-refractivity contribution >= 4 is 29.6 Å². The van der Waals surface area contributed by atoms with Gasteiger partial charge in [-0.3, -0.25) is 19.9 Å². The van der Waals surface area contributed by atoms with Gasteiger partial charge in [0.1, 0.15) is 0 Å². The zero-order chi connectivity index (χ0) is 18.1. The van der Waals surface area contributed by atoms with E-state index in [1.165, 1.54) is 31.0 Å². The van der Waals surface area contributed by atoms with Crippen molar-refractivity contribution in [3.05, 3.63) is 64.2 Å². The van der Waals surface area contributed by atoms with Crippen LogP contribution in [0.3, 0.4) is 0 Å². The number of hydrogen-bond acceptors (Lipinski definition) is 6. The third-order valence-electron chi connectivity index (χ3n) is 3.30. The van der Waals surface area contributed by atoms with Crippen molar-refractivity contribution in [3.63, 3.8) is 0 Å². The third kappa shape index (κ3) is 6.04. The molecule has 0 fully saturated rings. The third-order valence-corrected chi connectivity index (χ3v) is 4.40. The molecule has 2 aromatic rings. The number of carbonyl (C=O) groups is 1. The Balaban J connectivity index is 2.13. The monoisotopic (exact) mass is 358 g/mol. The highest BCUT2D eigenvalue weighted by Gasteiger charge is 2.10. The number of rotatable bonds is 8. The second-order valence-corrected chi connectivity index (χ2v) is 6.22. The first-order valence-corrected chi connectivity index (χ1v) is 8.50. The molecule has 0 heterocycles. The molecule has 0 N–H and O–H groups in total. The summed E-state index contributed by atoms with van der Waals surface area (Å²) in [4.78, 5) is 27.9.